The van der Waals surface area contributed by atoms with Gasteiger partial charge in [0.1, 0.15) is 0 Å². The van der Waals surface area contributed by atoms with E-state index in [4.69, 9.17) is 0 Å². The van der Waals surface area contributed by atoms with Crippen molar-refractivity contribution >= 4 is 21.6 Å². The lowest BCUT2D eigenvalue weighted by atomic mass is 9.65. The van der Waals surface area contributed by atoms with Crippen LogP contribution >= 0.6 is 15.9 Å². The maximum Gasteiger partial charge on any atom is 0.0540 e. The van der Waals surface area contributed by atoms with Crippen LogP contribution in [0.15, 0.2) is 22.9 Å². The number of hydrogen-bond donors (Lipinski definition) is 1. The van der Waals surface area contributed by atoms with Crippen molar-refractivity contribution in [2.45, 2.75) is 18.9 Å². The van der Waals surface area contributed by atoms with Crippen molar-refractivity contribution in [3.63, 3.8) is 0 Å². The number of pyridine rings is 1. The van der Waals surface area contributed by atoms with E-state index in [0.717, 1.165) is 27.9 Å². The number of nitrogens with one attached hydrogen (secondary N) is 1. The van der Waals surface area contributed by atoms with Gasteiger partial charge in [0.05, 0.1) is 11.9 Å². The standard InChI is InChI=1S/C14H18BrN3/c15-12-3-13(5-16-4-12)17-14-10-1-9-2-11(14)8-18(6-9)7-10/h3-5,9-11,14,17H,1-2,6-8H2. The summed E-state index contributed by atoms with van der Waals surface area (Å²) in [5.74, 6) is 2.66. The molecule has 2 unspecified atom stereocenters. The summed E-state index contributed by atoms with van der Waals surface area (Å²) in [7, 11) is 0. The lowest BCUT2D eigenvalue weighted by Gasteiger charge is -2.56. The van der Waals surface area contributed by atoms with Gasteiger partial charge in [0.15, 0.2) is 0 Å². The maximum absolute atomic E-state index is 4.25. The molecule has 1 aliphatic carbocycles. The molecule has 3 nitrogen and oxygen atoms in total. The third-order valence-corrected chi connectivity index (χ3v) is 5.26. The van der Waals surface area contributed by atoms with Gasteiger partial charge >= 0.3 is 0 Å². The van der Waals surface area contributed by atoms with Crippen LogP contribution in [0.5, 0.6) is 0 Å². The average molecular weight is 308 g/mol. The molecule has 0 aromatic carbocycles. The molecule has 0 radical (unpaired) electrons. The molecular formula is C14H18BrN3. The van der Waals surface area contributed by atoms with Gasteiger partial charge in [-0.1, -0.05) is 0 Å². The van der Waals surface area contributed by atoms with E-state index in [1.54, 1.807) is 0 Å². The first-order chi connectivity index (χ1) is 8.78. The van der Waals surface area contributed by atoms with Crippen LogP contribution in [-0.4, -0.2) is 35.6 Å². The Morgan fingerprint density at radius 3 is 2.61 bits per heavy atom. The van der Waals surface area contributed by atoms with E-state index in [1.165, 1.54) is 32.5 Å². The van der Waals surface area contributed by atoms with Crippen LogP contribution in [0.4, 0.5) is 5.69 Å². The molecule has 4 aliphatic rings. The molecule has 4 heterocycles. The zero-order valence-electron chi connectivity index (χ0n) is 10.3. The van der Waals surface area contributed by atoms with Crippen molar-refractivity contribution in [3.05, 3.63) is 22.9 Å². The fourth-order valence-electron chi connectivity index (χ4n) is 4.33. The molecule has 5 rings (SSSR count). The Balaban J connectivity index is 1.55. The lowest BCUT2D eigenvalue weighted by molar-refractivity contribution is -0.0269. The summed E-state index contributed by atoms with van der Waals surface area (Å²) < 4.78 is 1.06. The van der Waals surface area contributed by atoms with Crippen molar-refractivity contribution in [2.24, 2.45) is 17.8 Å². The van der Waals surface area contributed by atoms with Crippen molar-refractivity contribution in [2.75, 3.05) is 25.0 Å². The first-order valence-electron chi connectivity index (χ1n) is 6.87. The quantitative estimate of drug-likeness (QED) is 0.910. The molecule has 3 aliphatic heterocycles. The molecule has 1 saturated carbocycles. The third kappa shape index (κ3) is 1.86. The molecular weight excluding hydrogens is 290 g/mol. The van der Waals surface area contributed by atoms with Crippen molar-refractivity contribution in [3.8, 4) is 0 Å². The summed E-state index contributed by atoms with van der Waals surface area (Å²) >= 11 is 3.49. The fourth-order valence-corrected chi connectivity index (χ4v) is 4.69. The Hall–Kier alpha value is -0.610. The highest BCUT2D eigenvalue weighted by Crippen LogP contribution is 2.44. The van der Waals surface area contributed by atoms with Gasteiger partial charge in [-0.3, -0.25) is 4.98 Å². The minimum Gasteiger partial charge on any atom is -0.380 e. The molecule has 4 heteroatoms. The van der Waals surface area contributed by atoms with Gasteiger partial charge in [-0.05, 0) is 52.6 Å². The molecule has 2 atom stereocenters. The highest BCUT2D eigenvalue weighted by atomic mass is 79.9. The number of halogens is 1. The minimum atomic E-state index is 0.661. The number of nitrogens with zero attached hydrogens (tertiary/aromatic N) is 2. The van der Waals surface area contributed by atoms with Gasteiger partial charge < -0.3 is 10.2 Å². The molecule has 96 valence electrons. The van der Waals surface area contributed by atoms with Gasteiger partial charge in [-0.15, -0.1) is 0 Å². The first-order valence-corrected chi connectivity index (χ1v) is 7.66. The Bertz CT molecular complexity index is 434. The molecule has 0 amide bonds. The SMILES string of the molecule is Brc1cncc(NC2C3CC4CC2CN(C4)C3)c1. The normalized spacial score (nSPS) is 41.1. The Morgan fingerprint density at radius 1 is 1.17 bits per heavy atom. The van der Waals surface area contributed by atoms with Gasteiger partial charge in [-0.2, -0.15) is 0 Å². The van der Waals surface area contributed by atoms with Gasteiger partial charge in [-0.25, -0.2) is 0 Å². The molecule has 0 spiro atoms. The Labute approximate surface area is 116 Å². The monoisotopic (exact) mass is 307 g/mol. The number of hydrogen-bond acceptors (Lipinski definition) is 3. The second kappa shape index (κ2) is 4.20. The maximum atomic E-state index is 4.25. The van der Waals surface area contributed by atoms with Gasteiger partial charge in [0, 0.05) is 36.3 Å². The first kappa shape index (κ1) is 11.2. The summed E-state index contributed by atoms with van der Waals surface area (Å²) in [4.78, 5) is 6.92. The van der Waals surface area contributed by atoms with Crippen molar-refractivity contribution in [1.29, 1.82) is 0 Å². The van der Waals surface area contributed by atoms with E-state index < -0.39 is 0 Å². The molecule has 1 aromatic rings. The van der Waals surface area contributed by atoms with Crippen LogP contribution in [-0.2, 0) is 0 Å². The zero-order valence-corrected chi connectivity index (χ0v) is 11.9. The van der Waals surface area contributed by atoms with Crippen LogP contribution < -0.4 is 5.32 Å². The van der Waals surface area contributed by atoms with Crippen LogP contribution in [0.25, 0.3) is 0 Å². The number of piperidine rings is 3. The molecule has 1 aromatic heterocycles. The number of anilines is 1. The summed E-state index contributed by atoms with van der Waals surface area (Å²) in [6, 6.07) is 2.80. The summed E-state index contributed by atoms with van der Waals surface area (Å²) in [5, 5.41) is 3.75. The van der Waals surface area contributed by atoms with Crippen LogP contribution in [0.1, 0.15) is 12.8 Å². The Morgan fingerprint density at radius 2 is 1.94 bits per heavy atom. The topological polar surface area (TPSA) is 28.2 Å². The molecule has 3 saturated heterocycles. The molecule has 18 heavy (non-hydrogen) atoms. The second-order valence-electron chi connectivity index (χ2n) is 6.14. The molecule has 1 N–H and O–H groups in total. The van der Waals surface area contributed by atoms with Crippen molar-refractivity contribution < 1.29 is 0 Å². The number of rotatable bonds is 2. The fraction of sp³-hybridized carbons (Fsp3) is 0.643. The third-order valence-electron chi connectivity index (χ3n) is 4.83. The van der Waals surface area contributed by atoms with E-state index in [-0.39, 0.29) is 0 Å². The van der Waals surface area contributed by atoms with E-state index in [9.17, 15) is 0 Å². The Kier molecular flexibility index (Phi) is 2.62. The summed E-state index contributed by atoms with van der Waals surface area (Å²) in [6.07, 6.45) is 6.63. The predicted octanol–water partition coefficient (Wildman–Crippen LogP) is 2.60. The highest BCUT2D eigenvalue weighted by molar-refractivity contribution is 9.10. The van der Waals surface area contributed by atoms with Crippen LogP contribution in [0.3, 0.4) is 0 Å². The smallest absolute Gasteiger partial charge is 0.0540 e. The van der Waals surface area contributed by atoms with Crippen LogP contribution in [0.2, 0.25) is 0 Å². The van der Waals surface area contributed by atoms with Crippen LogP contribution in [0, 0.1) is 17.8 Å². The van der Waals surface area contributed by atoms with E-state index in [1.807, 2.05) is 12.4 Å². The van der Waals surface area contributed by atoms with E-state index in [0.29, 0.717) is 6.04 Å². The predicted molar refractivity (Wildman–Crippen MR) is 75.5 cm³/mol. The largest absolute Gasteiger partial charge is 0.380 e. The van der Waals surface area contributed by atoms with Crippen molar-refractivity contribution in [1.82, 2.24) is 9.88 Å². The molecule has 4 bridgehead atoms. The number of aromatic nitrogens is 1. The average Bonchev–Trinajstić information content (AvgIpc) is 2.33. The molecule has 4 fully saturated rings. The summed E-state index contributed by atoms with van der Waals surface area (Å²) in [5.41, 5.74) is 1.16. The lowest BCUT2D eigenvalue weighted by Crippen LogP contribution is -2.62. The summed E-state index contributed by atoms with van der Waals surface area (Å²) in [6.45, 7) is 3.95. The van der Waals surface area contributed by atoms with Gasteiger partial charge in [0.25, 0.3) is 0 Å². The van der Waals surface area contributed by atoms with Gasteiger partial charge in [0.2, 0.25) is 0 Å². The zero-order chi connectivity index (χ0) is 12.1. The second-order valence-corrected chi connectivity index (χ2v) is 7.05. The highest BCUT2D eigenvalue weighted by Gasteiger charge is 2.47. The van der Waals surface area contributed by atoms with E-state index >= 15 is 0 Å². The van der Waals surface area contributed by atoms with E-state index in [2.05, 4.69) is 37.2 Å². The minimum absolute atomic E-state index is 0.661.